The van der Waals surface area contributed by atoms with Crippen molar-refractivity contribution >= 4 is 23.5 Å². The number of carbonyl (C=O) groups excluding carboxylic acids is 3. The van der Waals surface area contributed by atoms with Crippen molar-refractivity contribution in [2.45, 2.75) is 59.1 Å². The monoisotopic (exact) mass is 567 g/mol. The number of carbonyl (C=O) groups is 3. The minimum absolute atomic E-state index is 0.0412. The summed E-state index contributed by atoms with van der Waals surface area (Å²) in [4.78, 5) is 37.7. The summed E-state index contributed by atoms with van der Waals surface area (Å²) < 4.78 is 30.6. The highest BCUT2D eigenvalue weighted by Gasteiger charge is 2.27. The van der Waals surface area contributed by atoms with Gasteiger partial charge < -0.3 is 24.6 Å². The summed E-state index contributed by atoms with van der Waals surface area (Å²) >= 11 is 0. The predicted octanol–water partition coefficient (Wildman–Crippen LogP) is 4.70. The van der Waals surface area contributed by atoms with Crippen molar-refractivity contribution in [3.63, 3.8) is 0 Å². The number of hydrogen-bond acceptors (Lipinski definition) is 8. The zero-order valence-electron chi connectivity index (χ0n) is 23.9. The van der Waals surface area contributed by atoms with Crippen molar-refractivity contribution in [3.05, 3.63) is 59.4 Å². The molecule has 11 heteroatoms. The molecule has 1 aromatic heterocycles. The van der Waals surface area contributed by atoms with Crippen LogP contribution in [0.1, 0.15) is 57.9 Å². The molecule has 0 spiro atoms. The fourth-order valence-electron chi connectivity index (χ4n) is 4.04. The number of rotatable bonds is 11. The van der Waals surface area contributed by atoms with E-state index < -0.39 is 41.9 Å². The van der Waals surface area contributed by atoms with E-state index in [-0.39, 0.29) is 46.5 Å². The summed E-state index contributed by atoms with van der Waals surface area (Å²) in [6.45, 7) is 8.79. The number of phenolic OH excluding ortho intramolecular Hbond substituents is 1. The number of phenols is 1. The van der Waals surface area contributed by atoms with Crippen LogP contribution in [-0.4, -0.2) is 58.1 Å². The summed E-state index contributed by atoms with van der Waals surface area (Å²) in [6.07, 6.45) is 2.99. The second-order valence-corrected chi connectivity index (χ2v) is 10.7. The summed E-state index contributed by atoms with van der Waals surface area (Å²) in [5.74, 6) is -2.29. The molecule has 1 heterocycles. The molecule has 1 amide bonds. The smallest absolute Gasteiger partial charge is 0.343 e. The maximum Gasteiger partial charge on any atom is 0.343 e. The summed E-state index contributed by atoms with van der Waals surface area (Å²) in [6, 6.07) is 5.31. The standard InChI is InChI=1S/C30H34FN3O7/c1-18(2)14-20(15-26(36)41-30(3,4)5)32-29(38)22-16-23(34(33-22)21-12-10-19(31)11-13-21)28-24(35)8-7-9-25(28)40-17-27(37)39-6/h7-10,12,16,18,20,35H,14-15,17H2,1-6H3,(H,32,38)/t20-/m0/s1. The number of hydrogen-bond donors (Lipinski definition) is 2. The lowest BCUT2D eigenvalue weighted by molar-refractivity contribution is -0.155. The fraction of sp³-hybridized carbons (Fsp3) is 0.400. The van der Waals surface area contributed by atoms with Gasteiger partial charge in [0.25, 0.3) is 5.91 Å². The Morgan fingerprint density at radius 1 is 1.15 bits per heavy atom. The van der Waals surface area contributed by atoms with E-state index >= 15 is 0 Å². The summed E-state index contributed by atoms with van der Waals surface area (Å²) in [5, 5.41) is 18.1. The summed E-state index contributed by atoms with van der Waals surface area (Å²) in [7, 11) is 1.21. The number of nitrogens with one attached hydrogen (secondary N) is 1. The Kier molecular flexibility index (Phi) is 9.94. The van der Waals surface area contributed by atoms with E-state index in [4.69, 9.17) is 9.47 Å². The number of benzene rings is 1. The van der Waals surface area contributed by atoms with Crippen molar-refractivity contribution in [1.29, 1.82) is 0 Å². The molecule has 10 nitrogen and oxygen atoms in total. The van der Waals surface area contributed by atoms with Crippen LogP contribution in [0.15, 0.2) is 53.7 Å². The number of halogens is 1. The lowest BCUT2D eigenvalue weighted by atomic mass is 10.0. The molecule has 0 saturated heterocycles. The van der Waals surface area contributed by atoms with Crippen LogP contribution < -0.4 is 10.1 Å². The fourth-order valence-corrected chi connectivity index (χ4v) is 4.04. The van der Waals surface area contributed by atoms with Crippen LogP contribution in [0.3, 0.4) is 0 Å². The molecule has 0 unspecified atom stereocenters. The maximum absolute atomic E-state index is 13.6. The van der Waals surface area contributed by atoms with Gasteiger partial charge in [0.2, 0.25) is 0 Å². The maximum atomic E-state index is 13.6. The molecule has 2 N–H and O–H groups in total. The third kappa shape index (κ3) is 8.70. The number of esters is 2. The van der Waals surface area contributed by atoms with Crippen molar-refractivity contribution < 1.29 is 38.1 Å². The normalized spacial score (nSPS) is 13.4. The third-order valence-electron chi connectivity index (χ3n) is 5.63. The van der Waals surface area contributed by atoms with E-state index in [0.29, 0.717) is 6.42 Å². The highest BCUT2D eigenvalue weighted by Crippen LogP contribution is 2.39. The Morgan fingerprint density at radius 3 is 2.49 bits per heavy atom. The van der Waals surface area contributed by atoms with Crippen LogP contribution in [-0.2, 0) is 19.1 Å². The van der Waals surface area contributed by atoms with Crippen molar-refractivity contribution in [1.82, 2.24) is 15.1 Å². The molecular formula is C30H34FN3O7. The van der Waals surface area contributed by atoms with Gasteiger partial charge in [0.15, 0.2) is 18.1 Å². The van der Waals surface area contributed by atoms with E-state index in [2.05, 4.69) is 26.6 Å². The molecule has 0 radical (unpaired) electrons. The predicted molar refractivity (Wildman–Crippen MR) is 148 cm³/mol. The van der Waals surface area contributed by atoms with Gasteiger partial charge in [-0.25, -0.2) is 9.48 Å². The topological polar surface area (TPSA) is 129 Å². The average Bonchev–Trinajstić information content (AvgIpc) is 3.31. The van der Waals surface area contributed by atoms with Gasteiger partial charge >= 0.3 is 11.9 Å². The molecule has 218 valence electrons. The molecular weight excluding hydrogens is 533 g/mol. The first kappa shape index (κ1) is 30.9. The first-order valence-corrected chi connectivity index (χ1v) is 13.0. The van der Waals surface area contributed by atoms with Crippen LogP contribution in [0.5, 0.6) is 11.5 Å². The quantitative estimate of drug-likeness (QED) is 0.295. The highest BCUT2D eigenvalue weighted by molar-refractivity contribution is 5.95. The van der Waals surface area contributed by atoms with Crippen molar-refractivity contribution in [2.24, 2.45) is 5.92 Å². The van der Waals surface area contributed by atoms with Gasteiger partial charge in [-0.3, -0.25) is 9.59 Å². The minimum Gasteiger partial charge on any atom is -0.507 e. The Labute approximate surface area is 237 Å². The highest BCUT2D eigenvalue weighted by atomic mass is 19.1. The lowest BCUT2D eigenvalue weighted by Crippen LogP contribution is -2.39. The molecule has 2 aromatic rings. The number of aromatic nitrogens is 2. The van der Waals surface area contributed by atoms with Crippen molar-refractivity contribution in [3.8, 4) is 22.8 Å². The molecule has 1 aliphatic carbocycles. The molecule has 0 saturated carbocycles. The van der Waals surface area contributed by atoms with Crippen LogP contribution in [0.25, 0.3) is 17.0 Å². The van der Waals surface area contributed by atoms with Gasteiger partial charge in [0, 0.05) is 6.04 Å². The molecule has 1 aromatic carbocycles. The molecule has 3 rings (SSSR count). The number of allylic oxidation sites excluding steroid dienone is 4. The van der Waals surface area contributed by atoms with Gasteiger partial charge in [-0.1, -0.05) is 19.9 Å². The van der Waals surface area contributed by atoms with E-state index in [9.17, 15) is 23.9 Å². The third-order valence-corrected chi connectivity index (χ3v) is 5.63. The Bertz CT molecular complexity index is 1450. The molecule has 41 heavy (non-hydrogen) atoms. The molecule has 1 atom stereocenters. The largest absolute Gasteiger partial charge is 0.507 e. The first-order valence-electron chi connectivity index (χ1n) is 13.0. The second kappa shape index (κ2) is 13.2. The van der Waals surface area contributed by atoms with Crippen LogP contribution in [0.2, 0.25) is 0 Å². The van der Waals surface area contributed by atoms with Gasteiger partial charge in [0.05, 0.1) is 24.8 Å². The van der Waals surface area contributed by atoms with Crippen LogP contribution in [0, 0.1) is 5.92 Å². The Morgan fingerprint density at radius 2 is 1.88 bits per heavy atom. The lowest BCUT2D eigenvalue weighted by Gasteiger charge is -2.23. The van der Waals surface area contributed by atoms with Gasteiger partial charge in [-0.15, -0.1) is 0 Å². The number of methoxy groups -OCH3 is 1. The molecule has 0 aliphatic heterocycles. The number of amides is 1. The van der Waals surface area contributed by atoms with Gasteiger partial charge in [-0.2, -0.15) is 9.49 Å². The number of aromatic hydroxyl groups is 1. The van der Waals surface area contributed by atoms with Crippen LogP contribution in [0.4, 0.5) is 4.39 Å². The minimum atomic E-state index is -0.675. The van der Waals surface area contributed by atoms with Gasteiger partial charge in [-0.05, 0) is 74.9 Å². The van der Waals surface area contributed by atoms with E-state index in [1.807, 2.05) is 13.8 Å². The summed E-state index contributed by atoms with van der Waals surface area (Å²) in [5.41, 5.74) is 4.76. The SMILES string of the molecule is COC(=O)COc1cccc(O)c1-c1cc(C(=O)N[C@H](CC(=O)OC(C)(C)C)CC(C)C)nn1C1=C=C=C(F)C=C1. The molecule has 1 aliphatic rings. The second-order valence-electron chi connectivity index (χ2n) is 10.7. The average molecular weight is 568 g/mol. The van der Waals surface area contributed by atoms with E-state index in [1.165, 1.54) is 42.1 Å². The molecule has 0 fully saturated rings. The number of ether oxygens (including phenoxy) is 3. The zero-order valence-corrected chi connectivity index (χ0v) is 23.9. The molecule has 0 bridgehead atoms. The zero-order chi connectivity index (χ0) is 30.3. The Hall–Kier alpha value is -4.59. The van der Waals surface area contributed by atoms with E-state index in [1.54, 1.807) is 20.8 Å². The van der Waals surface area contributed by atoms with E-state index in [0.717, 1.165) is 6.08 Å². The first-order chi connectivity index (χ1) is 19.3. The van der Waals surface area contributed by atoms with Crippen LogP contribution >= 0.6 is 0 Å². The Balaban J connectivity index is 2.04. The van der Waals surface area contributed by atoms with Gasteiger partial charge in [0.1, 0.15) is 22.8 Å². The van der Waals surface area contributed by atoms with Crippen molar-refractivity contribution in [2.75, 3.05) is 13.7 Å². The number of nitrogens with zero attached hydrogens (tertiary/aromatic N) is 2.